The summed E-state index contributed by atoms with van der Waals surface area (Å²) in [7, 11) is 0. The molecule has 0 unspecified atom stereocenters. The third-order valence-electron chi connectivity index (χ3n) is 3.92. The Balaban J connectivity index is 1.66. The summed E-state index contributed by atoms with van der Waals surface area (Å²) in [6, 6.07) is 16.1. The molecule has 1 aliphatic heterocycles. The lowest BCUT2D eigenvalue weighted by Crippen LogP contribution is -2.17. The Labute approximate surface area is 174 Å². The summed E-state index contributed by atoms with van der Waals surface area (Å²) in [6.45, 7) is 2.73. The molecule has 1 saturated heterocycles. The van der Waals surface area contributed by atoms with Crippen LogP contribution in [0.3, 0.4) is 0 Å². The molecular weight excluding hydrogens is 394 g/mol. The van der Waals surface area contributed by atoms with Crippen LogP contribution in [0.25, 0.3) is 6.08 Å². The minimum Gasteiger partial charge on any atom is -0.489 e. The minimum atomic E-state index is -0.144. The average molecular weight is 416 g/mol. The predicted octanol–water partition coefficient (Wildman–Crippen LogP) is 5.65. The van der Waals surface area contributed by atoms with Gasteiger partial charge in [-0.15, -0.1) is 11.8 Å². The van der Waals surface area contributed by atoms with Gasteiger partial charge in [-0.1, -0.05) is 67.7 Å². The molecule has 0 atom stereocenters. The number of hydrogen-bond donors (Lipinski definition) is 1. The standard InChI is InChI=1S/C21H21NO2S3/c1-2-3-11-26-18-10-5-4-8-16(18)14-24-17-9-6-7-15(12-17)13-19-20(23)22-21(25)27-19/h4-10,12-13H,2-3,11,14H2,1H3,(H,22,23,25). The Morgan fingerprint density at radius 2 is 2.07 bits per heavy atom. The number of thioether (sulfide) groups is 2. The Bertz CT molecular complexity index is 864. The van der Waals surface area contributed by atoms with Crippen molar-refractivity contribution in [2.45, 2.75) is 31.3 Å². The van der Waals surface area contributed by atoms with Crippen LogP contribution in [0.5, 0.6) is 5.75 Å². The normalized spacial score (nSPS) is 15.2. The van der Waals surface area contributed by atoms with E-state index in [1.807, 2.05) is 48.2 Å². The van der Waals surface area contributed by atoms with Gasteiger partial charge in [-0.2, -0.15) is 0 Å². The molecule has 1 N–H and O–H groups in total. The fourth-order valence-electron chi connectivity index (χ4n) is 2.52. The van der Waals surface area contributed by atoms with E-state index in [0.717, 1.165) is 17.1 Å². The molecule has 0 saturated carbocycles. The number of nitrogens with one attached hydrogen (secondary N) is 1. The molecule has 2 aromatic rings. The number of unbranched alkanes of at least 4 members (excludes halogenated alkanes) is 1. The second-order valence-electron chi connectivity index (χ2n) is 6.02. The van der Waals surface area contributed by atoms with E-state index in [9.17, 15) is 4.79 Å². The van der Waals surface area contributed by atoms with E-state index in [1.165, 1.54) is 35.1 Å². The maximum atomic E-state index is 11.8. The van der Waals surface area contributed by atoms with E-state index in [0.29, 0.717) is 15.8 Å². The first kappa shape index (κ1) is 20.0. The molecule has 0 radical (unpaired) electrons. The van der Waals surface area contributed by atoms with Crippen LogP contribution in [-0.4, -0.2) is 16.0 Å². The van der Waals surface area contributed by atoms with Gasteiger partial charge < -0.3 is 10.1 Å². The second kappa shape index (κ2) is 9.97. The molecular formula is C21H21NO2S3. The van der Waals surface area contributed by atoms with Crippen LogP contribution < -0.4 is 10.1 Å². The van der Waals surface area contributed by atoms with E-state index in [-0.39, 0.29) is 5.91 Å². The first-order valence-electron chi connectivity index (χ1n) is 8.84. The second-order valence-corrected chi connectivity index (χ2v) is 8.88. The fourth-order valence-corrected chi connectivity index (χ4v) is 4.70. The fraction of sp³-hybridized carbons (Fsp3) is 0.238. The van der Waals surface area contributed by atoms with Gasteiger partial charge in [0, 0.05) is 10.5 Å². The zero-order valence-electron chi connectivity index (χ0n) is 15.1. The van der Waals surface area contributed by atoms with Gasteiger partial charge in [-0.3, -0.25) is 4.79 Å². The smallest absolute Gasteiger partial charge is 0.263 e. The molecule has 0 bridgehead atoms. The summed E-state index contributed by atoms with van der Waals surface area (Å²) in [6.07, 6.45) is 4.25. The molecule has 140 valence electrons. The molecule has 0 spiro atoms. The summed E-state index contributed by atoms with van der Waals surface area (Å²) in [5.41, 5.74) is 2.11. The van der Waals surface area contributed by atoms with Crippen molar-refractivity contribution < 1.29 is 9.53 Å². The molecule has 1 aliphatic rings. The van der Waals surface area contributed by atoms with Gasteiger partial charge in [0.05, 0.1) is 4.91 Å². The van der Waals surface area contributed by atoms with Crippen LogP contribution in [0.4, 0.5) is 0 Å². The quantitative estimate of drug-likeness (QED) is 0.261. The molecule has 3 rings (SSSR count). The van der Waals surface area contributed by atoms with Crippen molar-refractivity contribution in [1.29, 1.82) is 0 Å². The number of rotatable bonds is 8. The van der Waals surface area contributed by atoms with Gasteiger partial charge in [-0.25, -0.2) is 0 Å². The van der Waals surface area contributed by atoms with Crippen LogP contribution in [0.1, 0.15) is 30.9 Å². The zero-order chi connectivity index (χ0) is 19.1. The Morgan fingerprint density at radius 1 is 1.22 bits per heavy atom. The monoisotopic (exact) mass is 415 g/mol. The van der Waals surface area contributed by atoms with E-state index < -0.39 is 0 Å². The van der Waals surface area contributed by atoms with Gasteiger partial charge in [0.25, 0.3) is 5.91 Å². The molecule has 6 heteroatoms. The third kappa shape index (κ3) is 5.86. The zero-order valence-corrected chi connectivity index (χ0v) is 17.5. The average Bonchev–Trinajstić information content (AvgIpc) is 2.98. The van der Waals surface area contributed by atoms with Gasteiger partial charge >= 0.3 is 0 Å². The van der Waals surface area contributed by atoms with Crippen LogP contribution in [0.2, 0.25) is 0 Å². The first-order valence-corrected chi connectivity index (χ1v) is 11.0. The first-order chi connectivity index (χ1) is 13.2. The summed E-state index contributed by atoms with van der Waals surface area (Å²) in [4.78, 5) is 13.7. The molecule has 3 nitrogen and oxygen atoms in total. The lowest BCUT2D eigenvalue weighted by atomic mass is 10.2. The Hall–Kier alpha value is -1.76. The topological polar surface area (TPSA) is 38.3 Å². The molecule has 2 aromatic carbocycles. The van der Waals surface area contributed by atoms with Crippen LogP contribution in [0, 0.1) is 0 Å². The lowest BCUT2D eigenvalue weighted by Gasteiger charge is -2.11. The summed E-state index contributed by atoms with van der Waals surface area (Å²) < 4.78 is 6.51. The van der Waals surface area contributed by atoms with Crippen molar-refractivity contribution in [3.05, 3.63) is 64.6 Å². The molecule has 0 aliphatic carbocycles. The van der Waals surface area contributed by atoms with Crippen molar-refractivity contribution >= 4 is 52.0 Å². The van der Waals surface area contributed by atoms with Crippen LogP contribution in [-0.2, 0) is 11.4 Å². The number of benzene rings is 2. The number of carbonyl (C=O) groups is 1. The number of ether oxygens (including phenoxy) is 1. The van der Waals surface area contributed by atoms with Crippen molar-refractivity contribution in [3.63, 3.8) is 0 Å². The van der Waals surface area contributed by atoms with Gasteiger partial charge in [-0.05, 0) is 42.0 Å². The maximum Gasteiger partial charge on any atom is 0.263 e. The SMILES string of the molecule is CCCCSc1ccccc1COc1cccc(C=C2SC(=S)NC2=O)c1. The molecule has 27 heavy (non-hydrogen) atoms. The number of carbonyl (C=O) groups excluding carboxylic acids is 1. The number of thiocarbonyl (C=S) groups is 1. The third-order valence-corrected chi connectivity index (χ3v) is 6.29. The summed E-state index contributed by atoms with van der Waals surface area (Å²) in [5.74, 6) is 1.76. The highest BCUT2D eigenvalue weighted by Gasteiger charge is 2.21. The van der Waals surface area contributed by atoms with E-state index in [2.05, 4.69) is 30.4 Å². The minimum absolute atomic E-state index is 0.144. The molecule has 1 amide bonds. The highest BCUT2D eigenvalue weighted by Crippen LogP contribution is 2.28. The van der Waals surface area contributed by atoms with Gasteiger partial charge in [0.2, 0.25) is 0 Å². The van der Waals surface area contributed by atoms with Crippen molar-refractivity contribution in [2.75, 3.05) is 5.75 Å². The Morgan fingerprint density at radius 3 is 2.85 bits per heavy atom. The lowest BCUT2D eigenvalue weighted by molar-refractivity contribution is -0.115. The van der Waals surface area contributed by atoms with Gasteiger partial charge in [0.1, 0.15) is 16.7 Å². The highest BCUT2D eigenvalue weighted by molar-refractivity contribution is 8.26. The van der Waals surface area contributed by atoms with E-state index >= 15 is 0 Å². The summed E-state index contributed by atoms with van der Waals surface area (Å²) in [5, 5.41) is 2.63. The largest absolute Gasteiger partial charge is 0.489 e. The number of amides is 1. The number of hydrogen-bond acceptors (Lipinski definition) is 5. The Kier molecular flexibility index (Phi) is 7.38. The van der Waals surface area contributed by atoms with E-state index in [4.69, 9.17) is 17.0 Å². The van der Waals surface area contributed by atoms with Crippen LogP contribution in [0.15, 0.2) is 58.3 Å². The van der Waals surface area contributed by atoms with Crippen LogP contribution >= 0.6 is 35.7 Å². The molecule has 1 heterocycles. The molecule has 1 fully saturated rings. The maximum absolute atomic E-state index is 11.8. The summed E-state index contributed by atoms with van der Waals surface area (Å²) >= 11 is 8.19. The highest BCUT2D eigenvalue weighted by atomic mass is 32.2. The molecule has 0 aromatic heterocycles. The van der Waals surface area contributed by atoms with Gasteiger partial charge in [0.15, 0.2) is 0 Å². The van der Waals surface area contributed by atoms with E-state index in [1.54, 1.807) is 0 Å². The predicted molar refractivity (Wildman–Crippen MR) is 119 cm³/mol. The van der Waals surface area contributed by atoms with Crippen molar-refractivity contribution in [2.24, 2.45) is 0 Å². The van der Waals surface area contributed by atoms with Crippen molar-refractivity contribution in [3.8, 4) is 5.75 Å². The van der Waals surface area contributed by atoms with Crippen molar-refractivity contribution in [1.82, 2.24) is 5.32 Å².